The summed E-state index contributed by atoms with van der Waals surface area (Å²) in [7, 11) is 0. The van der Waals surface area contributed by atoms with Crippen molar-refractivity contribution in [2.75, 3.05) is 0 Å². The van der Waals surface area contributed by atoms with E-state index < -0.39 is 23.5 Å². The molecule has 2 aromatic carbocycles. The quantitative estimate of drug-likeness (QED) is 0.695. The number of aryl methyl sites for hydroxylation is 1. The second kappa shape index (κ2) is 6.24. The summed E-state index contributed by atoms with van der Waals surface area (Å²) >= 11 is 0. The van der Waals surface area contributed by atoms with Crippen molar-refractivity contribution in [3.05, 3.63) is 76.4 Å². The fourth-order valence-corrected chi connectivity index (χ4v) is 2.90. The second-order valence-electron chi connectivity index (χ2n) is 5.71. The number of carbonyl (C=O) groups excluding carboxylic acids is 2. The Morgan fingerprint density at radius 3 is 2.25 bits per heavy atom. The number of rotatable bonds is 3. The Labute approximate surface area is 139 Å². The maximum absolute atomic E-state index is 12.7. The molecule has 0 saturated carbocycles. The Morgan fingerprint density at radius 1 is 1.04 bits per heavy atom. The van der Waals surface area contributed by atoms with Crippen LogP contribution in [0.3, 0.4) is 0 Å². The number of fused-ring (bicyclic) bond motifs is 1. The molecule has 0 radical (unpaired) electrons. The van der Waals surface area contributed by atoms with Gasteiger partial charge in [-0.1, -0.05) is 55.5 Å². The minimum absolute atomic E-state index is 0.00967. The van der Waals surface area contributed by atoms with Gasteiger partial charge in [0, 0.05) is 16.7 Å². The SMILES string of the molecule is CCc1ccc(/C=C2/C(=O)c3ccccc3C(=O)[C@@H]2C(=O)O)cc1. The highest BCUT2D eigenvalue weighted by atomic mass is 16.4. The lowest BCUT2D eigenvalue weighted by Crippen LogP contribution is -2.35. The molecule has 0 saturated heterocycles. The van der Waals surface area contributed by atoms with Crippen LogP contribution in [0.1, 0.15) is 38.8 Å². The van der Waals surface area contributed by atoms with Crippen LogP contribution >= 0.6 is 0 Å². The normalized spacial score (nSPS) is 18.5. The van der Waals surface area contributed by atoms with Gasteiger partial charge in [-0.15, -0.1) is 0 Å². The summed E-state index contributed by atoms with van der Waals surface area (Å²) in [5.41, 5.74) is 2.29. The van der Waals surface area contributed by atoms with Crippen molar-refractivity contribution in [1.82, 2.24) is 0 Å². The number of carboxylic acid groups (broad SMARTS) is 1. The van der Waals surface area contributed by atoms with Crippen LogP contribution in [-0.4, -0.2) is 22.6 Å². The van der Waals surface area contributed by atoms with Crippen LogP contribution in [0.2, 0.25) is 0 Å². The summed E-state index contributed by atoms with van der Waals surface area (Å²) in [6, 6.07) is 13.8. The van der Waals surface area contributed by atoms with Gasteiger partial charge in [0.05, 0.1) is 0 Å². The zero-order chi connectivity index (χ0) is 17.3. The van der Waals surface area contributed by atoms with Gasteiger partial charge in [-0.25, -0.2) is 0 Å². The summed E-state index contributed by atoms with van der Waals surface area (Å²) < 4.78 is 0. The van der Waals surface area contributed by atoms with E-state index in [1.165, 1.54) is 12.1 Å². The minimum atomic E-state index is -1.46. The maximum Gasteiger partial charge on any atom is 0.319 e. The summed E-state index contributed by atoms with van der Waals surface area (Å²) in [6.45, 7) is 2.04. The van der Waals surface area contributed by atoms with Gasteiger partial charge in [-0.3, -0.25) is 14.4 Å². The fraction of sp³-hybridized carbons (Fsp3) is 0.150. The third kappa shape index (κ3) is 2.67. The van der Waals surface area contributed by atoms with Crippen LogP contribution in [0.15, 0.2) is 54.1 Å². The molecule has 0 bridgehead atoms. The molecule has 120 valence electrons. The molecule has 0 aromatic heterocycles. The number of carboxylic acids is 1. The van der Waals surface area contributed by atoms with Gasteiger partial charge >= 0.3 is 5.97 Å². The molecule has 4 nitrogen and oxygen atoms in total. The van der Waals surface area contributed by atoms with Gasteiger partial charge in [-0.2, -0.15) is 0 Å². The number of hydrogen-bond acceptors (Lipinski definition) is 3. The van der Waals surface area contributed by atoms with Gasteiger partial charge < -0.3 is 5.11 Å². The zero-order valence-electron chi connectivity index (χ0n) is 13.2. The highest BCUT2D eigenvalue weighted by Gasteiger charge is 2.41. The van der Waals surface area contributed by atoms with Crippen molar-refractivity contribution in [2.24, 2.45) is 5.92 Å². The summed E-state index contributed by atoms with van der Waals surface area (Å²) in [6.07, 6.45) is 2.40. The Hall–Kier alpha value is -3.01. The Balaban J connectivity index is 2.13. The molecule has 1 N–H and O–H groups in total. The highest BCUT2D eigenvalue weighted by molar-refractivity contribution is 6.29. The van der Waals surface area contributed by atoms with E-state index in [9.17, 15) is 19.5 Å². The van der Waals surface area contributed by atoms with Crippen molar-refractivity contribution in [3.8, 4) is 0 Å². The minimum Gasteiger partial charge on any atom is -0.480 e. The van der Waals surface area contributed by atoms with Gasteiger partial charge in [-0.05, 0) is 23.6 Å². The van der Waals surface area contributed by atoms with E-state index in [1.54, 1.807) is 18.2 Å². The standard InChI is InChI=1S/C20H16O4/c1-2-12-7-9-13(10-8-12)11-16-17(20(23)24)19(22)15-6-4-3-5-14(15)18(16)21/h3-11,17H,2H2,1H3,(H,23,24)/b16-11+/t17-/m1/s1. The summed E-state index contributed by atoms with van der Waals surface area (Å²) in [5.74, 6) is -3.72. The number of carbonyl (C=O) groups is 3. The van der Waals surface area contributed by atoms with Crippen LogP contribution in [0.4, 0.5) is 0 Å². The van der Waals surface area contributed by atoms with Gasteiger partial charge in [0.25, 0.3) is 0 Å². The van der Waals surface area contributed by atoms with Gasteiger partial charge in [0.1, 0.15) is 5.92 Å². The predicted octanol–water partition coefficient (Wildman–Crippen LogP) is 3.41. The molecular weight excluding hydrogens is 304 g/mol. The molecule has 0 aliphatic heterocycles. The average Bonchev–Trinajstić information content (AvgIpc) is 2.60. The molecule has 0 unspecified atom stereocenters. The number of ketones is 2. The lowest BCUT2D eigenvalue weighted by atomic mass is 9.77. The van der Waals surface area contributed by atoms with Gasteiger partial charge in [0.2, 0.25) is 0 Å². The largest absolute Gasteiger partial charge is 0.480 e. The van der Waals surface area contributed by atoms with Crippen molar-refractivity contribution in [1.29, 1.82) is 0 Å². The van der Waals surface area contributed by atoms with Crippen molar-refractivity contribution in [2.45, 2.75) is 13.3 Å². The Kier molecular flexibility index (Phi) is 4.13. The first-order chi connectivity index (χ1) is 11.5. The van der Waals surface area contributed by atoms with E-state index in [0.29, 0.717) is 5.56 Å². The van der Waals surface area contributed by atoms with Gasteiger partial charge in [0.15, 0.2) is 11.6 Å². The molecule has 2 aromatic rings. The lowest BCUT2D eigenvalue weighted by molar-refractivity contribution is -0.138. The van der Waals surface area contributed by atoms with Crippen LogP contribution < -0.4 is 0 Å². The van der Waals surface area contributed by atoms with Crippen molar-refractivity contribution < 1.29 is 19.5 Å². The molecule has 1 atom stereocenters. The van der Waals surface area contributed by atoms with E-state index in [-0.39, 0.29) is 16.7 Å². The Bertz CT molecular complexity index is 859. The van der Waals surface area contributed by atoms with E-state index >= 15 is 0 Å². The number of Topliss-reactive ketones (excluding diaryl/α,β-unsaturated/α-hetero) is 2. The van der Waals surface area contributed by atoms with Crippen LogP contribution in [0.25, 0.3) is 6.08 Å². The lowest BCUT2D eigenvalue weighted by Gasteiger charge is -2.22. The van der Waals surface area contributed by atoms with E-state index in [1.807, 2.05) is 31.2 Å². The molecular formula is C20H16O4. The predicted molar refractivity (Wildman–Crippen MR) is 90.0 cm³/mol. The Morgan fingerprint density at radius 2 is 1.67 bits per heavy atom. The number of benzene rings is 2. The first kappa shape index (κ1) is 15.9. The topological polar surface area (TPSA) is 71.4 Å². The van der Waals surface area contributed by atoms with E-state index in [2.05, 4.69) is 0 Å². The molecule has 3 rings (SSSR count). The molecule has 0 amide bonds. The monoisotopic (exact) mass is 320 g/mol. The molecule has 1 aliphatic carbocycles. The second-order valence-corrected chi connectivity index (χ2v) is 5.71. The smallest absolute Gasteiger partial charge is 0.319 e. The highest BCUT2D eigenvalue weighted by Crippen LogP contribution is 2.31. The molecule has 4 heteroatoms. The molecule has 24 heavy (non-hydrogen) atoms. The number of hydrogen-bond donors (Lipinski definition) is 1. The first-order valence-electron chi connectivity index (χ1n) is 7.74. The fourth-order valence-electron chi connectivity index (χ4n) is 2.90. The molecule has 1 aliphatic rings. The molecule has 0 fully saturated rings. The maximum atomic E-state index is 12.7. The zero-order valence-corrected chi connectivity index (χ0v) is 13.2. The van der Waals surface area contributed by atoms with Crippen molar-refractivity contribution >= 4 is 23.6 Å². The van der Waals surface area contributed by atoms with E-state index in [0.717, 1.165) is 12.0 Å². The average molecular weight is 320 g/mol. The number of aliphatic carboxylic acids is 1. The van der Waals surface area contributed by atoms with Crippen LogP contribution in [0.5, 0.6) is 0 Å². The molecule has 0 spiro atoms. The summed E-state index contributed by atoms with van der Waals surface area (Å²) in [5, 5.41) is 9.47. The first-order valence-corrected chi connectivity index (χ1v) is 7.74. The van der Waals surface area contributed by atoms with Crippen LogP contribution in [0, 0.1) is 5.92 Å². The van der Waals surface area contributed by atoms with Crippen LogP contribution in [-0.2, 0) is 11.2 Å². The summed E-state index contributed by atoms with van der Waals surface area (Å²) in [4.78, 5) is 36.9. The van der Waals surface area contributed by atoms with Crippen molar-refractivity contribution in [3.63, 3.8) is 0 Å². The van der Waals surface area contributed by atoms with E-state index in [4.69, 9.17) is 0 Å². The third-order valence-electron chi connectivity index (χ3n) is 4.23. The molecule has 0 heterocycles. The third-order valence-corrected chi connectivity index (χ3v) is 4.23.